The molecule has 0 unspecified atom stereocenters. The van der Waals surface area contributed by atoms with Crippen LogP contribution < -0.4 is 4.74 Å². The lowest BCUT2D eigenvalue weighted by molar-refractivity contribution is 0.415. The van der Waals surface area contributed by atoms with Crippen LogP contribution in [0.2, 0.25) is 10.4 Å². The maximum Gasteiger partial charge on any atom is 0.225 e. The second kappa shape index (κ2) is 5.85. The number of hydrogen-bond acceptors (Lipinski definition) is 5. The highest BCUT2D eigenvalue weighted by molar-refractivity contribution is 6.35. The van der Waals surface area contributed by atoms with Crippen LogP contribution in [0.5, 0.6) is 5.75 Å². The Hall–Kier alpha value is -2.50. The molecule has 0 aliphatic carbocycles. The van der Waals surface area contributed by atoms with Crippen LogP contribution in [0.4, 0.5) is 0 Å². The number of hydrogen-bond donors (Lipinski definition) is 0. The molecule has 0 amide bonds. The van der Waals surface area contributed by atoms with Crippen LogP contribution in [-0.4, -0.2) is 27.0 Å². The van der Waals surface area contributed by atoms with Crippen molar-refractivity contribution in [2.45, 2.75) is 0 Å². The van der Waals surface area contributed by atoms with Gasteiger partial charge in [-0.2, -0.15) is 4.98 Å². The number of benzene rings is 2. The zero-order chi connectivity index (χ0) is 16.7. The molecule has 0 atom stereocenters. The van der Waals surface area contributed by atoms with Crippen molar-refractivity contribution in [2.75, 3.05) is 7.11 Å². The minimum atomic E-state index is 0.0488. The topological polar surface area (TPSA) is 60.8 Å². The molecule has 2 aromatic heterocycles. The monoisotopic (exact) mass is 356 g/mol. The van der Waals surface area contributed by atoms with Gasteiger partial charge in [0.1, 0.15) is 10.9 Å². The molecule has 0 spiro atoms. The molecule has 24 heavy (non-hydrogen) atoms. The summed E-state index contributed by atoms with van der Waals surface area (Å²) in [4.78, 5) is 17.0. The molecule has 0 fully saturated rings. The van der Waals surface area contributed by atoms with Gasteiger partial charge in [-0.25, -0.2) is 15.0 Å². The minimum Gasteiger partial charge on any atom is -0.497 e. The van der Waals surface area contributed by atoms with Gasteiger partial charge in [0.2, 0.25) is 5.28 Å². The van der Waals surface area contributed by atoms with Crippen LogP contribution in [0, 0.1) is 0 Å². The molecule has 2 aromatic carbocycles. The predicted octanol–water partition coefficient (Wildman–Crippen LogP) is 4.56. The van der Waals surface area contributed by atoms with Crippen molar-refractivity contribution in [3.63, 3.8) is 0 Å². The molecule has 2 heterocycles. The quantitative estimate of drug-likeness (QED) is 0.389. The second-order valence-electron chi connectivity index (χ2n) is 5.11. The zero-order valence-corrected chi connectivity index (χ0v) is 14.0. The van der Waals surface area contributed by atoms with E-state index in [1.54, 1.807) is 13.3 Å². The fourth-order valence-electron chi connectivity index (χ4n) is 2.57. The van der Waals surface area contributed by atoms with Crippen molar-refractivity contribution < 1.29 is 4.74 Å². The molecule has 0 N–H and O–H groups in total. The molecule has 0 aliphatic rings. The number of fused-ring (bicyclic) bond motifs is 2. The summed E-state index contributed by atoms with van der Waals surface area (Å²) in [6.07, 6.45) is 1.60. The Morgan fingerprint density at radius 2 is 1.79 bits per heavy atom. The molecule has 4 aromatic rings. The van der Waals surface area contributed by atoms with E-state index in [0.717, 1.165) is 22.1 Å². The Morgan fingerprint density at radius 3 is 2.62 bits per heavy atom. The fourth-order valence-corrected chi connectivity index (χ4v) is 2.99. The van der Waals surface area contributed by atoms with Crippen molar-refractivity contribution in [1.82, 2.24) is 19.9 Å². The van der Waals surface area contributed by atoms with E-state index in [0.29, 0.717) is 16.9 Å². The first-order valence-corrected chi connectivity index (χ1v) is 7.84. The lowest BCUT2D eigenvalue weighted by Crippen LogP contribution is -1.96. The van der Waals surface area contributed by atoms with Crippen molar-refractivity contribution in [3.05, 3.63) is 53.0 Å². The summed E-state index contributed by atoms with van der Waals surface area (Å²) in [5, 5.41) is 2.88. The molecule has 5 nitrogen and oxygen atoms in total. The lowest BCUT2D eigenvalue weighted by atomic mass is 10.0. The van der Waals surface area contributed by atoms with Gasteiger partial charge >= 0.3 is 0 Å². The van der Waals surface area contributed by atoms with E-state index >= 15 is 0 Å². The van der Waals surface area contributed by atoms with E-state index in [1.807, 2.05) is 36.4 Å². The molecular weight excluding hydrogens is 347 g/mol. The molecule has 0 saturated heterocycles. The van der Waals surface area contributed by atoms with Crippen LogP contribution in [-0.2, 0) is 0 Å². The summed E-state index contributed by atoms with van der Waals surface area (Å²) in [5.41, 5.74) is 1.25. The summed E-state index contributed by atoms with van der Waals surface area (Å²) in [7, 11) is 1.63. The van der Waals surface area contributed by atoms with E-state index in [4.69, 9.17) is 27.9 Å². The Kier molecular flexibility index (Phi) is 3.67. The number of ether oxygens (including phenoxy) is 1. The molecule has 0 bridgehead atoms. The predicted molar refractivity (Wildman–Crippen MR) is 94.6 cm³/mol. The third kappa shape index (κ3) is 2.52. The van der Waals surface area contributed by atoms with Gasteiger partial charge in [0, 0.05) is 11.8 Å². The number of nitrogens with zero attached hydrogens (tertiary/aromatic N) is 4. The number of halogens is 2. The normalized spacial score (nSPS) is 11.1. The highest BCUT2D eigenvalue weighted by atomic mass is 35.5. The van der Waals surface area contributed by atoms with Gasteiger partial charge in [0.25, 0.3) is 0 Å². The average molecular weight is 357 g/mol. The van der Waals surface area contributed by atoms with E-state index in [2.05, 4.69) is 19.9 Å². The molecule has 0 aliphatic heterocycles. The molecule has 7 heteroatoms. The Balaban J connectivity index is 2.02. The van der Waals surface area contributed by atoms with Crippen molar-refractivity contribution in [3.8, 4) is 17.1 Å². The first-order chi connectivity index (χ1) is 11.7. The van der Waals surface area contributed by atoms with Crippen LogP contribution in [0.15, 0.2) is 42.6 Å². The van der Waals surface area contributed by atoms with Crippen LogP contribution in [0.3, 0.4) is 0 Å². The van der Waals surface area contributed by atoms with Gasteiger partial charge in [-0.15, -0.1) is 0 Å². The molecular formula is C17H10Cl2N4O. The van der Waals surface area contributed by atoms with E-state index < -0.39 is 0 Å². The van der Waals surface area contributed by atoms with Crippen molar-refractivity contribution in [1.29, 1.82) is 0 Å². The lowest BCUT2D eigenvalue weighted by Gasteiger charge is -2.09. The second-order valence-corrected chi connectivity index (χ2v) is 5.81. The van der Waals surface area contributed by atoms with Crippen LogP contribution in [0.25, 0.3) is 33.2 Å². The highest BCUT2D eigenvalue weighted by Crippen LogP contribution is 2.32. The number of rotatable bonds is 2. The standard InChI is InChI=1S/C17H10Cl2N4O/c1-24-10-6-9-4-2-3-5-11(9)12(7-10)15-20-8-13-14(18)21-17(19)23-16(13)22-15/h2-8H,1H3. The number of aromatic nitrogens is 4. The smallest absolute Gasteiger partial charge is 0.225 e. The Morgan fingerprint density at radius 1 is 0.958 bits per heavy atom. The first-order valence-electron chi connectivity index (χ1n) is 7.08. The van der Waals surface area contributed by atoms with Crippen molar-refractivity contribution >= 4 is 45.0 Å². The van der Waals surface area contributed by atoms with Crippen LogP contribution in [0.1, 0.15) is 0 Å². The Bertz CT molecular complexity index is 1080. The first kappa shape index (κ1) is 15.1. The molecule has 118 valence electrons. The van der Waals surface area contributed by atoms with E-state index in [9.17, 15) is 0 Å². The van der Waals surface area contributed by atoms with Gasteiger partial charge in [0.05, 0.1) is 12.5 Å². The highest BCUT2D eigenvalue weighted by Gasteiger charge is 2.13. The SMILES string of the molecule is COc1cc(-c2ncc3c(Cl)nc(Cl)nc3n2)c2ccccc2c1. The summed E-state index contributed by atoms with van der Waals surface area (Å²) >= 11 is 11.9. The largest absolute Gasteiger partial charge is 0.497 e. The maximum absolute atomic E-state index is 6.07. The van der Waals surface area contributed by atoms with Crippen molar-refractivity contribution in [2.24, 2.45) is 0 Å². The van der Waals surface area contributed by atoms with Gasteiger partial charge in [-0.05, 0) is 34.5 Å². The maximum atomic E-state index is 6.07. The third-order valence-electron chi connectivity index (χ3n) is 3.69. The average Bonchev–Trinajstić information content (AvgIpc) is 2.60. The molecule has 0 saturated carbocycles. The third-order valence-corrected chi connectivity index (χ3v) is 4.15. The van der Waals surface area contributed by atoms with Crippen LogP contribution >= 0.6 is 23.2 Å². The molecule has 4 rings (SSSR count). The fraction of sp³-hybridized carbons (Fsp3) is 0.0588. The summed E-state index contributed by atoms with van der Waals surface area (Å²) in [6, 6.07) is 11.8. The minimum absolute atomic E-state index is 0.0488. The van der Waals surface area contributed by atoms with Gasteiger partial charge in [-0.3, -0.25) is 0 Å². The van der Waals surface area contributed by atoms with Gasteiger partial charge in [0.15, 0.2) is 11.5 Å². The molecule has 0 radical (unpaired) electrons. The summed E-state index contributed by atoms with van der Waals surface area (Å²) < 4.78 is 5.39. The van der Waals surface area contributed by atoms with Gasteiger partial charge in [-0.1, -0.05) is 35.9 Å². The number of methoxy groups -OCH3 is 1. The van der Waals surface area contributed by atoms with E-state index in [1.165, 1.54) is 0 Å². The Labute approximate surface area is 147 Å². The summed E-state index contributed by atoms with van der Waals surface area (Å²) in [6.45, 7) is 0. The van der Waals surface area contributed by atoms with E-state index in [-0.39, 0.29) is 10.4 Å². The summed E-state index contributed by atoms with van der Waals surface area (Å²) in [5.74, 6) is 1.24. The zero-order valence-electron chi connectivity index (χ0n) is 12.5. The van der Waals surface area contributed by atoms with Gasteiger partial charge < -0.3 is 4.74 Å².